The predicted molar refractivity (Wildman–Crippen MR) is 102 cm³/mol. The van der Waals surface area contributed by atoms with Crippen LogP contribution in [0.3, 0.4) is 0 Å². The van der Waals surface area contributed by atoms with Crippen molar-refractivity contribution in [3.8, 4) is 5.75 Å². The zero-order valence-corrected chi connectivity index (χ0v) is 15.4. The van der Waals surface area contributed by atoms with Gasteiger partial charge in [0.05, 0.1) is 7.11 Å². The lowest BCUT2D eigenvalue weighted by molar-refractivity contribution is 0.170. The molecule has 5 heteroatoms. The monoisotopic (exact) mass is 356 g/mol. The van der Waals surface area contributed by atoms with E-state index in [0.717, 1.165) is 38.3 Å². The number of halogens is 2. The minimum absolute atomic E-state index is 0. The molecule has 0 bridgehead atoms. The van der Waals surface area contributed by atoms with Crippen molar-refractivity contribution in [2.75, 3.05) is 33.3 Å². The Balaban J connectivity index is 0.00000132. The molecular weight excluding hydrogens is 331 g/mol. The van der Waals surface area contributed by atoms with E-state index >= 15 is 0 Å². The summed E-state index contributed by atoms with van der Waals surface area (Å²) in [5, 5.41) is 5.97. The van der Waals surface area contributed by atoms with Crippen molar-refractivity contribution in [3.05, 3.63) is 42.0 Å². The fraction of sp³-hybridized carbons (Fsp3) is 0.444. The molecule has 0 unspecified atom stereocenters. The Morgan fingerprint density at radius 2 is 1.70 bits per heavy atom. The number of hydrogen-bond acceptors (Lipinski definition) is 3. The summed E-state index contributed by atoms with van der Waals surface area (Å²) in [7, 11) is 1.75. The Bertz CT molecular complexity index is 615. The summed E-state index contributed by atoms with van der Waals surface area (Å²) in [5.74, 6) is 0.963. The standard InChI is InChI=1S/C18H24N2O.2ClH/c1-3-17(20-12-10-19-11-13-20)15-8-9-18(21-2)16-7-5-4-6-14(15)16;;/h4-9,17,19H,3,10-13H2,1-2H3;2*1H/t17-;;/m1../s1. The van der Waals surface area contributed by atoms with Crippen LogP contribution in [-0.2, 0) is 0 Å². The molecule has 1 heterocycles. The second kappa shape index (κ2) is 9.33. The molecule has 0 saturated carbocycles. The van der Waals surface area contributed by atoms with Crippen molar-refractivity contribution in [1.29, 1.82) is 0 Å². The highest BCUT2D eigenvalue weighted by Gasteiger charge is 2.22. The highest BCUT2D eigenvalue weighted by atomic mass is 35.5. The lowest BCUT2D eigenvalue weighted by Gasteiger charge is -2.35. The Hall–Kier alpha value is -1.000. The maximum absolute atomic E-state index is 5.52. The van der Waals surface area contributed by atoms with Gasteiger partial charge in [0, 0.05) is 37.6 Å². The summed E-state index contributed by atoms with van der Waals surface area (Å²) in [6, 6.07) is 13.4. The molecule has 2 aromatic rings. The molecule has 1 fully saturated rings. The number of hydrogen-bond donors (Lipinski definition) is 1. The molecule has 3 rings (SSSR count). The van der Waals surface area contributed by atoms with Crippen molar-refractivity contribution < 1.29 is 4.74 Å². The third kappa shape index (κ3) is 4.10. The number of ether oxygens (including phenoxy) is 1. The average Bonchev–Trinajstić information content (AvgIpc) is 2.56. The van der Waals surface area contributed by atoms with E-state index in [-0.39, 0.29) is 24.8 Å². The zero-order valence-electron chi connectivity index (χ0n) is 13.7. The van der Waals surface area contributed by atoms with Crippen LogP contribution in [0.5, 0.6) is 5.75 Å². The summed E-state index contributed by atoms with van der Waals surface area (Å²) in [4.78, 5) is 2.60. The average molecular weight is 357 g/mol. The van der Waals surface area contributed by atoms with Gasteiger partial charge in [-0.25, -0.2) is 0 Å². The summed E-state index contributed by atoms with van der Waals surface area (Å²) < 4.78 is 5.52. The van der Waals surface area contributed by atoms with Gasteiger partial charge in [-0.15, -0.1) is 24.8 Å². The van der Waals surface area contributed by atoms with E-state index in [1.54, 1.807) is 7.11 Å². The quantitative estimate of drug-likeness (QED) is 0.894. The highest BCUT2D eigenvalue weighted by Crippen LogP contribution is 2.35. The Kier molecular flexibility index (Phi) is 8.13. The molecular formula is C18H26Cl2N2O. The smallest absolute Gasteiger partial charge is 0.126 e. The first-order valence-corrected chi connectivity index (χ1v) is 7.85. The SMILES string of the molecule is CC[C@H](c1ccc(OC)c2ccccc12)N1CCNCC1.Cl.Cl. The molecule has 1 aliphatic rings. The van der Waals surface area contributed by atoms with Crippen LogP contribution in [0.2, 0.25) is 0 Å². The first-order chi connectivity index (χ1) is 10.3. The number of piperazine rings is 1. The van der Waals surface area contributed by atoms with Gasteiger partial charge in [0.15, 0.2) is 0 Å². The summed E-state index contributed by atoms with van der Waals surface area (Å²) >= 11 is 0. The van der Waals surface area contributed by atoms with Crippen molar-refractivity contribution >= 4 is 35.6 Å². The molecule has 0 aromatic heterocycles. The van der Waals surface area contributed by atoms with Crippen molar-refractivity contribution in [2.24, 2.45) is 0 Å². The minimum Gasteiger partial charge on any atom is -0.496 e. The van der Waals surface area contributed by atoms with E-state index in [4.69, 9.17) is 4.74 Å². The normalized spacial score (nSPS) is 16.3. The first kappa shape index (κ1) is 20.0. The first-order valence-electron chi connectivity index (χ1n) is 7.85. The second-order valence-corrected chi connectivity index (χ2v) is 5.61. The largest absolute Gasteiger partial charge is 0.496 e. The van der Waals surface area contributed by atoms with Crippen molar-refractivity contribution in [2.45, 2.75) is 19.4 Å². The Labute approximate surface area is 151 Å². The summed E-state index contributed by atoms with van der Waals surface area (Å²) in [5.41, 5.74) is 1.43. The van der Waals surface area contributed by atoms with Crippen LogP contribution in [-0.4, -0.2) is 38.2 Å². The molecule has 23 heavy (non-hydrogen) atoms. The van der Waals surface area contributed by atoms with E-state index in [1.807, 2.05) is 0 Å². The zero-order chi connectivity index (χ0) is 14.7. The molecule has 0 spiro atoms. The third-order valence-electron chi connectivity index (χ3n) is 4.48. The van der Waals surface area contributed by atoms with Crippen molar-refractivity contribution in [3.63, 3.8) is 0 Å². The van der Waals surface area contributed by atoms with Gasteiger partial charge in [-0.2, -0.15) is 0 Å². The van der Waals surface area contributed by atoms with Gasteiger partial charge in [-0.1, -0.05) is 37.3 Å². The van der Waals surface area contributed by atoms with E-state index in [2.05, 4.69) is 53.5 Å². The molecule has 1 N–H and O–H groups in total. The molecule has 3 nitrogen and oxygen atoms in total. The van der Waals surface area contributed by atoms with Gasteiger partial charge < -0.3 is 10.1 Å². The van der Waals surface area contributed by atoms with Gasteiger partial charge in [0.2, 0.25) is 0 Å². The third-order valence-corrected chi connectivity index (χ3v) is 4.48. The lowest BCUT2D eigenvalue weighted by atomic mass is 9.95. The fourth-order valence-corrected chi connectivity index (χ4v) is 3.43. The van der Waals surface area contributed by atoms with E-state index in [1.165, 1.54) is 16.3 Å². The molecule has 1 aliphatic heterocycles. The number of nitrogens with zero attached hydrogens (tertiary/aromatic N) is 1. The highest BCUT2D eigenvalue weighted by molar-refractivity contribution is 5.91. The van der Waals surface area contributed by atoms with Gasteiger partial charge in [0.1, 0.15) is 5.75 Å². The molecule has 1 saturated heterocycles. The maximum atomic E-state index is 5.52. The Morgan fingerprint density at radius 1 is 1.04 bits per heavy atom. The van der Waals surface area contributed by atoms with Crippen LogP contribution in [0.1, 0.15) is 24.9 Å². The van der Waals surface area contributed by atoms with Crippen LogP contribution in [0.15, 0.2) is 36.4 Å². The van der Waals surface area contributed by atoms with Crippen molar-refractivity contribution in [1.82, 2.24) is 10.2 Å². The van der Waals surface area contributed by atoms with Crippen LogP contribution >= 0.6 is 24.8 Å². The van der Waals surface area contributed by atoms with E-state index in [0.29, 0.717) is 6.04 Å². The van der Waals surface area contributed by atoms with Crippen LogP contribution in [0.4, 0.5) is 0 Å². The number of benzene rings is 2. The number of rotatable bonds is 4. The van der Waals surface area contributed by atoms with E-state index in [9.17, 15) is 0 Å². The number of nitrogens with one attached hydrogen (secondary N) is 1. The van der Waals surface area contributed by atoms with E-state index < -0.39 is 0 Å². The summed E-state index contributed by atoms with van der Waals surface area (Å²) in [6.07, 6.45) is 1.14. The second-order valence-electron chi connectivity index (χ2n) is 5.61. The molecule has 0 aliphatic carbocycles. The summed E-state index contributed by atoms with van der Waals surface area (Å²) in [6.45, 7) is 6.71. The molecule has 0 radical (unpaired) electrons. The molecule has 2 aromatic carbocycles. The van der Waals surface area contributed by atoms with Crippen LogP contribution in [0, 0.1) is 0 Å². The molecule has 0 amide bonds. The molecule has 1 atom stereocenters. The Morgan fingerprint density at radius 3 is 2.30 bits per heavy atom. The van der Waals surface area contributed by atoms with Crippen LogP contribution < -0.4 is 10.1 Å². The minimum atomic E-state index is 0. The topological polar surface area (TPSA) is 24.5 Å². The van der Waals surface area contributed by atoms with Gasteiger partial charge in [-0.05, 0) is 23.4 Å². The van der Waals surface area contributed by atoms with Gasteiger partial charge in [0.25, 0.3) is 0 Å². The lowest BCUT2D eigenvalue weighted by Crippen LogP contribution is -2.45. The number of fused-ring (bicyclic) bond motifs is 1. The van der Waals surface area contributed by atoms with Gasteiger partial charge >= 0.3 is 0 Å². The predicted octanol–water partition coefficient (Wildman–Crippen LogP) is 4.05. The fourth-order valence-electron chi connectivity index (χ4n) is 3.43. The maximum Gasteiger partial charge on any atom is 0.126 e. The molecule has 128 valence electrons. The van der Waals surface area contributed by atoms with Crippen LogP contribution in [0.25, 0.3) is 10.8 Å². The van der Waals surface area contributed by atoms with Gasteiger partial charge in [-0.3, -0.25) is 4.90 Å². The number of methoxy groups -OCH3 is 1.